The molecule has 3 rings (SSSR count). The van der Waals surface area contributed by atoms with Crippen molar-refractivity contribution >= 4 is 10.2 Å². The van der Waals surface area contributed by atoms with Gasteiger partial charge in [-0.2, -0.15) is 17.0 Å². The number of nitrogens with zero attached hydrogens (tertiary/aromatic N) is 3. The van der Waals surface area contributed by atoms with Gasteiger partial charge in [-0.1, -0.05) is 31.2 Å². The van der Waals surface area contributed by atoms with Gasteiger partial charge >= 0.3 is 0 Å². The van der Waals surface area contributed by atoms with Crippen LogP contribution in [0.15, 0.2) is 24.3 Å². The highest BCUT2D eigenvalue weighted by Crippen LogP contribution is 2.22. The molecule has 0 saturated carbocycles. The van der Waals surface area contributed by atoms with Crippen LogP contribution in [0.5, 0.6) is 0 Å². The van der Waals surface area contributed by atoms with Crippen LogP contribution in [-0.4, -0.2) is 61.2 Å². The lowest BCUT2D eigenvalue weighted by atomic mass is 10.0. The van der Waals surface area contributed by atoms with Gasteiger partial charge in [0.1, 0.15) is 0 Å². The third-order valence-corrected chi connectivity index (χ3v) is 7.48. The van der Waals surface area contributed by atoms with E-state index in [0.29, 0.717) is 32.1 Å². The van der Waals surface area contributed by atoms with Gasteiger partial charge in [0.2, 0.25) is 0 Å². The second kappa shape index (κ2) is 8.16. The van der Waals surface area contributed by atoms with Crippen molar-refractivity contribution in [2.75, 3.05) is 39.3 Å². The molecule has 2 saturated heterocycles. The maximum absolute atomic E-state index is 13.0. The molecule has 0 amide bonds. The molecule has 0 radical (unpaired) electrons. The lowest BCUT2D eigenvalue weighted by Crippen LogP contribution is -2.48. The third-order valence-electron chi connectivity index (χ3n) is 5.48. The van der Waals surface area contributed by atoms with Gasteiger partial charge in [-0.15, -0.1) is 0 Å². The average Bonchev–Trinajstić information content (AvgIpc) is 2.83. The fourth-order valence-electron chi connectivity index (χ4n) is 3.88. The maximum Gasteiger partial charge on any atom is 0.282 e. The Balaban J connectivity index is 1.62. The Hall–Kier alpha value is -0.950. The number of rotatable bonds is 4. The fourth-order valence-corrected chi connectivity index (χ4v) is 5.69. The number of piperidine rings is 1. The first-order chi connectivity index (χ1) is 12.0. The Bertz CT molecular complexity index is 677. The van der Waals surface area contributed by atoms with Gasteiger partial charge in [-0.3, -0.25) is 4.90 Å². The van der Waals surface area contributed by atoms with Crippen LogP contribution >= 0.6 is 0 Å². The summed E-state index contributed by atoms with van der Waals surface area (Å²) in [4.78, 5) is 2.39. The van der Waals surface area contributed by atoms with E-state index in [9.17, 15) is 8.42 Å². The molecule has 0 unspecified atom stereocenters. The van der Waals surface area contributed by atoms with Gasteiger partial charge in [0.05, 0.1) is 0 Å². The van der Waals surface area contributed by atoms with Crippen molar-refractivity contribution in [2.24, 2.45) is 5.92 Å². The molecule has 0 aromatic heterocycles. The molecule has 6 heteroatoms. The highest BCUT2D eigenvalue weighted by Gasteiger charge is 2.33. The minimum absolute atomic E-state index is 0.466. The molecule has 140 valence electrons. The van der Waals surface area contributed by atoms with Gasteiger partial charge in [-0.25, -0.2) is 0 Å². The summed E-state index contributed by atoms with van der Waals surface area (Å²) in [6.07, 6.45) is 3.01. The van der Waals surface area contributed by atoms with Crippen LogP contribution in [0.25, 0.3) is 0 Å². The summed E-state index contributed by atoms with van der Waals surface area (Å²) in [5, 5.41) is 0. The summed E-state index contributed by atoms with van der Waals surface area (Å²) in [7, 11) is -3.31. The summed E-state index contributed by atoms with van der Waals surface area (Å²) < 4.78 is 29.4. The van der Waals surface area contributed by atoms with Crippen molar-refractivity contribution in [3.05, 3.63) is 35.4 Å². The molecular weight excluding hydrogens is 334 g/mol. The number of aryl methyl sites for hydroxylation is 1. The summed E-state index contributed by atoms with van der Waals surface area (Å²) in [5.41, 5.74) is 2.64. The molecule has 0 bridgehead atoms. The monoisotopic (exact) mass is 365 g/mol. The summed E-state index contributed by atoms with van der Waals surface area (Å²) >= 11 is 0. The number of hydrogen-bond donors (Lipinski definition) is 0. The van der Waals surface area contributed by atoms with E-state index in [-0.39, 0.29) is 0 Å². The van der Waals surface area contributed by atoms with E-state index in [2.05, 4.69) is 43.0 Å². The van der Waals surface area contributed by atoms with E-state index in [0.717, 1.165) is 38.9 Å². The average molecular weight is 366 g/mol. The fraction of sp³-hybridized carbons (Fsp3) is 0.684. The zero-order valence-corrected chi connectivity index (χ0v) is 16.3. The summed E-state index contributed by atoms with van der Waals surface area (Å²) in [6, 6.07) is 8.45. The quantitative estimate of drug-likeness (QED) is 0.823. The first kappa shape index (κ1) is 18.8. The van der Waals surface area contributed by atoms with Crippen molar-refractivity contribution in [1.82, 2.24) is 13.5 Å². The summed E-state index contributed by atoms with van der Waals surface area (Å²) in [6.45, 7) is 9.53. The smallest absolute Gasteiger partial charge is 0.282 e. The highest BCUT2D eigenvalue weighted by atomic mass is 32.2. The molecule has 25 heavy (non-hydrogen) atoms. The van der Waals surface area contributed by atoms with Gasteiger partial charge in [-0.05, 0) is 49.8 Å². The second-order valence-corrected chi connectivity index (χ2v) is 9.50. The third kappa shape index (κ3) is 4.61. The van der Waals surface area contributed by atoms with Crippen molar-refractivity contribution in [1.29, 1.82) is 0 Å². The van der Waals surface area contributed by atoms with Crippen LogP contribution < -0.4 is 0 Å². The van der Waals surface area contributed by atoms with E-state index in [1.54, 1.807) is 8.61 Å². The van der Waals surface area contributed by atoms with Crippen LogP contribution in [0.2, 0.25) is 0 Å². The van der Waals surface area contributed by atoms with Crippen LogP contribution in [0.4, 0.5) is 0 Å². The molecule has 2 aliphatic heterocycles. The molecule has 1 aromatic carbocycles. The Morgan fingerprint density at radius 2 is 1.76 bits per heavy atom. The summed E-state index contributed by atoms with van der Waals surface area (Å²) in [5.74, 6) is 0.466. The van der Waals surface area contributed by atoms with E-state index >= 15 is 0 Å². The van der Waals surface area contributed by atoms with E-state index in [4.69, 9.17) is 0 Å². The van der Waals surface area contributed by atoms with E-state index < -0.39 is 10.2 Å². The highest BCUT2D eigenvalue weighted by molar-refractivity contribution is 7.86. The maximum atomic E-state index is 13.0. The number of benzene rings is 1. The van der Waals surface area contributed by atoms with E-state index in [1.165, 1.54) is 11.1 Å². The van der Waals surface area contributed by atoms with Crippen molar-refractivity contribution < 1.29 is 8.42 Å². The molecule has 1 atom stereocenters. The molecule has 0 spiro atoms. The van der Waals surface area contributed by atoms with Gasteiger partial charge < -0.3 is 0 Å². The van der Waals surface area contributed by atoms with Gasteiger partial charge in [0, 0.05) is 39.3 Å². The molecule has 2 aliphatic rings. The lowest BCUT2D eigenvalue weighted by Gasteiger charge is -2.34. The first-order valence-electron chi connectivity index (χ1n) is 9.49. The molecule has 2 fully saturated rings. The molecule has 0 N–H and O–H groups in total. The van der Waals surface area contributed by atoms with E-state index in [1.807, 2.05) is 0 Å². The van der Waals surface area contributed by atoms with Crippen molar-refractivity contribution in [2.45, 2.75) is 39.7 Å². The minimum atomic E-state index is -3.31. The minimum Gasteiger partial charge on any atom is -0.298 e. The zero-order valence-electron chi connectivity index (χ0n) is 15.5. The molecular formula is C19H31N3O2S. The number of hydrogen-bond acceptors (Lipinski definition) is 3. The van der Waals surface area contributed by atoms with Gasteiger partial charge in [0.25, 0.3) is 10.2 Å². The standard InChI is InChI=1S/C19H31N3O2S/c1-17-7-5-11-22(15-17)25(23,24)21-12-6-10-20(13-14-21)16-19-9-4-3-8-18(19)2/h3-4,8-9,17H,5-7,10-16H2,1-2H3/t17-/m0/s1. The van der Waals surface area contributed by atoms with Crippen molar-refractivity contribution in [3.8, 4) is 0 Å². The first-order valence-corrected chi connectivity index (χ1v) is 10.9. The normalized spacial score (nSPS) is 25.0. The zero-order chi connectivity index (χ0) is 17.9. The Morgan fingerprint density at radius 3 is 2.52 bits per heavy atom. The largest absolute Gasteiger partial charge is 0.298 e. The molecule has 1 aromatic rings. The van der Waals surface area contributed by atoms with Crippen molar-refractivity contribution in [3.63, 3.8) is 0 Å². The molecule has 2 heterocycles. The SMILES string of the molecule is Cc1ccccc1CN1CCCN(S(=O)(=O)N2CCC[C@H](C)C2)CC1. The molecule has 5 nitrogen and oxygen atoms in total. The predicted molar refractivity (Wildman–Crippen MR) is 102 cm³/mol. The molecule has 0 aliphatic carbocycles. The van der Waals surface area contributed by atoms with Crippen LogP contribution in [0, 0.1) is 12.8 Å². The topological polar surface area (TPSA) is 43.9 Å². The Morgan fingerprint density at radius 1 is 1.00 bits per heavy atom. The second-order valence-electron chi connectivity index (χ2n) is 7.57. The van der Waals surface area contributed by atoms with Crippen LogP contribution in [0.3, 0.4) is 0 Å². The van der Waals surface area contributed by atoms with Crippen LogP contribution in [-0.2, 0) is 16.8 Å². The predicted octanol–water partition coefficient (Wildman–Crippen LogP) is 2.48. The van der Waals surface area contributed by atoms with Gasteiger partial charge in [0.15, 0.2) is 0 Å². The lowest BCUT2D eigenvalue weighted by molar-refractivity contribution is 0.253. The Labute approximate surface area is 152 Å². The Kier molecular flexibility index (Phi) is 6.15. The van der Waals surface area contributed by atoms with Crippen LogP contribution in [0.1, 0.15) is 37.3 Å².